The van der Waals surface area contributed by atoms with Crippen molar-refractivity contribution in [3.8, 4) is 0 Å². The Hall–Kier alpha value is -0.380. The van der Waals surface area contributed by atoms with Crippen LogP contribution in [0.15, 0.2) is 16.8 Å². The molecule has 0 spiro atoms. The zero-order valence-electron chi connectivity index (χ0n) is 9.95. The monoisotopic (exact) mass is 239 g/mol. The van der Waals surface area contributed by atoms with Crippen LogP contribution in [-0.4, -0.2) is 19.3 Å². The van der Waals surface area contributed by atoms with Crippen molar-refractivity contribution in [1.82, 2.24) is 5.32 Å². The number of ether oxygens (including phenoxy) is 1. The lowest BCUT2D eigenvalue weighted by Crippen LogP contribution is -2.22. The van der Waals surface area contributed by atoms with Crippen molar-refractivity contribution in [2.24, 2.45) is 0 Å². The van der Waals surface area contributed by atoms with Crippen molar-refractivity contribution >= 4 is 11.3 Å². The molecular formula is C13H21NOS. The van der Waals surface area contributed by atoms with E-state index in [0.717, 1.165) is 13.2 Å². The van der Waals surface area contributed by atoms with E-state index in [9.17, 15) is 0 Å². The van der Waals surface area contributed by atoms with Gasteiger partial charge in [0, 0.05) is 12.6 Å². The zero-order chi connectivity index (χ0) is 11.2. The average molecular weight is 239 g/mol. The van der Waals surface area contributed by atoms with E-state index in [4.69, 9.17) is 4.74 Å². The van der Waals surface area contributed by atoms with Gasteiger partial charge in [0.2, 0.25) is 0 Å². The van der Waals surface area contributed by atoms with E-state index < -0.39 is 0 Å². The van der Waals surface area contributed by atoms with E-state index in [1.807, 2.05) is 0 Å². The number of nitrogens with one attached hydrogen (secondary N) is 1. The molecule has 1 aliphatic heterocycles. The Morgan fingerprint density at radius 3 is 3.19 bits per heavy atom. The molecule has 16 heavy (non-hydrogen) atoms. The quantitative estimate of drug-likeness (QED) is 0.822. The molecule has 1 saturated heterocycles. The summed E-state index contributed by atoms with van der Waals surface area (Å²) < 4.78 is 5.67. The highest BCUT2D eigenvalue weighted by Gasteiger charge is 2.18. The van der Waals surface area contributed by atoms with Gasteiger partial charge in [0.1, 0.15) is 0 Å². The average Bonchev–Trinajstić information content (AvgIpc) is 2.96. The van der Waals surface area contributed by atoms with E-state index in [1.165, 1.54) is 31.2 Å². The Bertz CT molecular complexity index is 280. The second-order valence-corrected chi connectivity index (χ2v) is 5.16. The molecule has 1 fully saturated rings. The van der Waals surface area contributed by atoms with Gasteiger partial charge in [-0.3, -0.25) is 0 Å². The molecule has 1 aromatic rings. The minimum atomic E-state index is 0.514. The van der Waals surface area contributed by atoms with Gasteiger partial charge in [0.15, 0.2) is 0 Å². The van der Waals surface area contributed by atoms with Gasteiger partial charge in [-0.15, -0.1) is 0 Å². The summed E-state index contributed by atoms with van der Waals surface area (Å²) in [5.74, 6) is 0. The van der Waals surface area contributed by atoms with Crippen molar-refractivity contribution in [2.45, 2.75) is 44.8 Å². The van der Waals surface area contributed by atoms with E-state index in [-0.39, 0.29) is 0 Å². The number of thiophene rings is 1. The van der Waals surface area contributed by atoms with Crippen LogP contribution in [0.2, 0.25) is 0 Å². The van der Waals surface area contributed by atoms with Gasteiger partial charge >= 0.3 is 0 Å². The predicted molar refractivity (Wildman–Crippen MR) is 68.9 cm³/mol. The fraction of sp³-hybridized carbons (Fsp3) is 0.692. The van der Waals surface area contributed by atoms with Gasteiger partial charge in [-0.2, -0.15) is 11.3 Å². The van der Waals surface area contributed by atoms with Crippen LogP contribution >= 0.6 is 11.3 Å². The Labute approximate surface area is 102 Å². The molecule has 0 saturated carbocycles. The third kappa shape index (κ3) is 3.30. The van der Waals surface area contributed by atoms with Crippen LogP contribution in [0.3, 0.4) is 0 Å². The van der Waals surface area contributed by atoms with Crippen molar-refractivity contribution in [3.05, 3.63) is 22.4 Å². The molecule has 1 aliphatic rings. The lowest BCUT2D eigenvalue weighted by Gasteiger charge is -2.18. The van der Waals surface area contributed by atoms with Crippen LogP contribution in [0.25, 0.3) is 0 Å². The maximum absolute atomic E-state index is 5.67. The zero-order valence-corrected chi connectivity index (χ0v) is 10.8. The lowest BCUT2D eigenvalue weighted by molar-refractivity contribution is 0.0996. The summed E-state index contributed by atoms with van der Waals surface area (Å²) in [6, 6.07) is 2.74. The summed E-state index contributed by atoms with van der Waals surface area (Å²) in [5.41, 5.74) is 1.44. The lowest BCUT2D eigenvalue weighted by atomic mass is 10.0. The molecule has 1 N–H and O–H groups in total. The molecule has 2 atom stereocenters. The highest BCUT2D eigenvalue weighted by molar-refractivity contribution is 7.07. The number of hydrogen-bond acceptors (Lipinski definition) is 3. The molecular weight excluding hydrogens is 218 g/mol. The summed E-state index contributed by atoms with van der Waals surface area (Å²) in [6.45, 7) is 4.17. The first-order valence-corrected chi connectivity index (χ1v) is 7.21. The Balaban J connectivity index is 1.82. The first-order valence-electron chi connectivity index (χ1n) is 6.27. The van der Waals surface area contributed by atoms with E-state index in [1.54, 1.807) is 11.3 Å². The second kappa shape index (κ2) is 6.38. The predicted octanol–water partition coefficient (Wildman–Crippen LogP) is 3.36. The molecule has 0 aromatic carbocycles. The van der Waals surface area contributed by atoms with Gasteiger partial charge in [-0.1, -0.05) is 6.92 Å². The van der Waals surface area contributed by atoms with Gasteiger partial charge < -0.3 is 10.1 Å². The minimum absolute atomic E-state index is 0.514. The summed E-state index contributed by atoms with van der Waals surface area (Å²) in [5, 5.41) is 7.97. The highest BCUT2D eigenvalue weighted by atomic mass is 32.1. The maximum atomic E-state index is 5.67. The summed E-state index contributed by atoms with van der Waals surface area (Å²) in [7, 11) is 0. The minimum Gasteiger partial charge on any atom is -0.378 e. The summed E-state index contributed by atoms with van der Waals surface area (Å²) >= 11 is 1.78. The smallest absolute Gasteiger partial charge is 0.0576 e. The Kier molecular flexibility index (Phi) is 4.82. The molecule has 2 nitrogen and oxygen atoms in total. The molecule has 1 aromatic heterocycles. The third-order valence-electron chi connectivity index (χ3n) is 3.20. The van der Waals surface area contributed by atoms with Crippen LogP contribution in [-0.2, 0) is 4.74 Å². The summed E-state index contributed by atoms with van der Waals surface area (Å²) in [4.78, 5) is 0. The maximum Gasteiger partial charge on any atom is 0.0576 e. The van der Waals surface area contributed by atoms with Gasteiger partial charge in [-0.25, -0.2) is 0 Å². The first-order chi connectivity index (χ1) is 7.90. The molecule has 0 bridgehead atoms. The third-order valence-corrected chi connectivity index (χ3v) is 3.90. The summed E-state index contributed by atoms with van der Waals surface area (Å²) in [6.07, 6.45) is 5.39. The molecule has 90 valence electrons. The van der Waals surface area contributed by atoms with E-state index in [2.05, 4.69) is 29.1 Å². The van der Waals surface area contributed by atoms with Crippen molar-refractivity contribution in [3.63, 3.8) is 0 Å². The molecule has 2 rings (SSSR count). The topological polar surface area (TPSA) is 21.3 Å². The van der Waals surface area contributed by atoms with Crippen LogP contribution in [0.1, 0.15) is 44.2 Å². The van der Waals surface area contributed by atoms with Crippen molar-refractivity contribution in [2.75, 3.05) is 13.2 Å². The van der Waals surface area contributed by atoms with Gasteiger partial charge in [0.05, 0.1) is 6.10 Å². The first kappa shape index (κ1) is 12.1. The molecule has 2 unspecified atom stereocenters. The fourth-order valence-electron chi connectivity index (χ4n) is 2.33. The molecule has 0 amide bonds. The van der Waals surface area contributed by atoms with Crippen LogP contribution in [0.4, 0.5) is 0 Å². The SMILES string of the molecule is CCNC(CCC1CCCO1)c1ccsc1. The van der Waals surface area contributed by atoms with Gasteiger partial charge in [0.25, 0.3) is 0 Å². The molecule has 0 radical (unpaired) electrons. The van der Waals surface area contributed by atoms with Gasteiger partial charge in [-0.05, 0) is 54.6 Å². The Morgan fingerprint density at radius 1 is 1.62 bits per heavy atom. The van der Waals surface area contributed by atoms with Crippen molar-refractivity contribution < 1.29 is 4.74 Å². The van der Waals surface area contributed by atoms with E-state index >= 15 is 0 Å². The fourth-order valence-corrected chi connectivity index (χ4v) is 3.05. The molecule has 3 heteroatoms. The number of rotatable bonds is 6. The standard InChI is InChI=1S/C13H21NOS/c1-2-14-13(11-7-9-16-10-11)6-5-12-4-3-8-15-12/h7,9-10,12-14H,2-6,8H2,1H3. The second-order valence-electron chi connectivity index (χ2n) is 4.38. The number of hydrogen-bond donors (Lipinski definition) is 1. The van der Waals surface area contributed by atoms with Crippen molar-refractivity contribution in [1.29, 1.82) is 0 Å². The Morgan fingerprint density at radius 2 is 2.56 bits per heavy atom. The highest BCUT2D eigenvalue weighted by Crippen LogP contribution is 2.25. The van der Waals surface area contributed by atoms with Crippen LogP contribution in [0, 0.1) is 0 Å². The molecule has 0 aliphatic carbocycles. The van der Waals surface area contributed by atoms with E-state index in [0.29, 0.717) is 12.1 Å². The largest absolute Gasteiger partial charge is 0.378 e. The van der Waals surface area contributed by atoms with Crippen LogP contribution < -0.4 is 5.32 Å². The van der Waals surface area contributed by atoms with Crippen LogP contribution in [0.5, 0.6) is 0 Å². The normalized spacial score (nSPS) is 22.4. The molecule has 2 heterocycles.